The zero-order valence-electron chi connectivity index (χ0n) is 16.7. The van der Waals surface area contributed by atoms with Gasteiger partial charge in [0, 0.05) is 30.6 Å². The first-order valence-corrected chi connectivity index (χ1v) is 9.37. The Morgan fingerprint density at radius 3 is 2.62 bits per heavy atom. The predicted molar refractivity (Wildman–Crippen MR) is 109 cm³/mol. The van der Waals surface area contributed by atoms with Gasteiger partial charge >= 0.3 is 0 Å². The number of hydrogen-bond donors (Lipinski definition) is 0. The van der Waals surface area contributed by atoms with Crippen molar-refractivity contribution in [2.24, 2.45) is 7.05 Å². The van der Waals surface area contributed by atoms with Gasteiger partial charge in [0.1, 0.15) is 30.8 Å². The molecule has 0 aliphatic heterocycles. The Hall–Kier alpha value is -3.26. The Morgan fingerprint density at radius 1 is 1.07 bits per heavy atom. The second-order valence-corrected chi connectivity index (χ2v) is 7.23. The van der Waals surface area contributed by atoms with Crippen LogP contribution in [0.25, 0.3) is 22.0 Å². The first-order valence-electron chi connectivity index (χ1n) is 9.37. The molecule has 0 spiro atoms. The number of aryl methyl sites for hydroxylation is 1. The second kappa shape index (κ2) is 8.00. The number of benzene rings is 2. The number of rotatable bonds is 7. The van der Waals surface area contributed by atoms with Crippen LogP contribution in [0.3, 0.4) is 0 Å². The lowest BCUT2D eigenvalue weighted by atomic mass is 10.0. The summed E-state index contributed by atoms with van der Waals surface area (Å²) in [5.74, 6) is 0.180. The van der Waals surface area contributed by atoms with Gasteiger partial charge in [-0.15, -0.1) is 10.2 Å². The third kappa shape index (κ3) is 4.12. The van der Waals surface area contributed by atoms with Crippen molar-refractivity contribution in [1.29, 1.82) is 0 Å². The highest BCUT2D eigenvalue weighted by molar-refractivity contribution is 5.88. The van der Waals surface area contributed by atoms with E-state index in [1.54, 1.807) is 18.7 Å². The summed E-state index contributed by atoms with van der Waals surface area (Å²) in [6.45, 7) is 1.71. The molecule has 2 aromatic carbocycles. The van der Waals surface area contributed by atoms with Crippen LogP contribution < -0.4 is 4.74 Å². The van der Waals surface area contributed by atoms with Crippen LogP contribution in [0.2, 0.25) is 0 Å². The Kier molecular flexibility index (Phi) is 5.26. The predicted octanol–water partition coefficient (Wildman–Crippen LogP) is 3.11. The standard InChI is InChI=1S/C21H23FN6O/c1-26(2)12-19-18-10-15(4-7-20(18)27(3)25-19)17-6-5-16(22)11-21(17)29-9-8-28-13-23-24-14-28/h4-7,10-11,13-14H,8-9,12H2,1-3H3. The van der Waals surface area contributed by atoms with E-state index >= 15 is 0 Å². The van der Waals surface area contributed by atoms with Crippen molar-refractivity contribution in [3.05, 3.63) is 60.6 Å². The van der Waals surface area contributed by atoms with Crippen LogP contribution in [-0.2, 0) is 20.1 Å². The fraction of sp³-hybridized carbons (Fsp3) is 0.286. The summed E-state index contributed by atoms with van der Waals surface area (Å²) in [6, 6.07) is 10.8. The quantitative estimate of drug-likeness (QED) is 0.482. The number of hydrogen-bond acceptors (Lipinski definition) is 5. The van der Waals surface area contributed by atoms with Gasteiger partial charge in [-0.25, -0.2) is 4.39 Å². The Balaban J connectivity index is 1.67. The van der Waals surface area contributed by atoms with Crippen LogP contribution in [0.15, 0.2) is 49.1 Å². The lowest BCUT2D eigenvalue weighted by molar-refractivity contribution is 0.298. The molecular formula is C21H23FN6O. The van der Waals surface area contributed by atoms with Crippen molar-refractivity contribution in [3.63, 3.8) is 0 Å². The molecule has 0 bridgehead atoms. The van der Waals surface area contributed by atoms with E-state index in [0.717, 1.165) is 34.3 Å². The van der Waals surface area contributed by atoms with E-state index in [-0.39, 0.29) is 5.82 Å². The van der Waals surface area contributed by atoms with E-state index in [0.29, 0.717) is 18.9 Å². The van der Waals surface area contributed by atoms with Gasteiger partial charge in [-0.1, -0.05) is 6.07 Å². The van der Waals surface area contributed by atoms with Crippen molar-refractivity contribution >= 4 is 10.9 Å². The molecule has 0 aliphatic carbocycles. The molecule has 0 radical (unpaired) electrons. The van der Waals surface area contributed by atoms with Crippen molar-refractivity contribution < 1.29 is 9.13 Å². The van der Waals surface area contributed by atoms with E-state index in [1.807, 2.05) is 42.5 Å². The summed E-state index contributed by atoms with van der Waals surface area (Å²) in [6.07, 6.45) is 3.25. The molecule has 0 fully saturated rings. The average Bonchev–Trinajstić information content (AvgIpc) is 3.30. The van der Waals surface area contributed by atoms with E-state index in [2.05, 4.69) is 26.3 Å². The molecule has 4 rings (SSSR count). The third-order valence-electron chi connectivity index (χ3n) is 4.72. The molecule has 150 valence electrons. The van der Waals surface area contributed by atoms with Crippen LogP contribution >= 0.6 is 0 Å². The Bertz CT molecular complexity index is 1120. The first kappa shape index (κ1) is 19.1. The summed E-state index contributed by atoms with van der Waals surface area (Å²) in [7, 11) is 5.98. The molecule has 0 amide bonds. The van der Waals surface area contributed by atoms with Crippen LogP contribution in [0.4, 0.5) is 4.39 Å². The molecule has 0 unspecified atom stereocenters. The molecule has 29 heavy (non-hydrogen) atoms. The number of aromatic nitrogens is 5. The van der Waals surface area contributed by atoms with Crippen molar-refractivity contribution in [2.45, 2.75) is 13.1 Å². The first-order chi connectivity index (χ1) is 14.0. The van der Waals surface area contributed by atoms with Gasteiger partial charge in [-0.05, 0) is 43.9 Å². The van der Waals surface area contributed by atoms with Crippen LogP contribution in [0.5, 0.6) is 5.75 Å². The maximum absolute atomic E-state index is 13.9. The van der Waals surface area contributed by atoms with Gasteiger partial charge in [-0.2, -0.15) is 5.10 Å². The number of nitrogens with zero attached hydrogens (tertiary/aromatic N) is 6. The third-order valence-corrected chi connectivity index (χ3v) is 4.72. The van der Waals surface area contributed by atoms with Gasteiger partial charge in [0.25, 0.3) is 0 Å². The van der Waals surface area contributed by atoms with Gasteiger partial charge in [0.15, 0.2) is 0 Å². The lowest BCUT2D eigenvalue weighted by Gasteiger charge is -2.13. The molecule has 4 aromatic rings. The molecular weight excluding hydrogens is 371 g/mol. The molecule has 8 heteroatoms. The molecule has 0 saturated carbocycles. The van der Waals surface area contributed by atoms with Crippen molar-refractivity contribution in [1.82, 2.24) is 29.4 Å². The molecule has 2 heterocycles. The maximum Gasteiger partial charge on any atom is 0.130 e. The summed E-state index contributed by atoms with van der Waals surface area (Å²) < 4.78 is 23.5. The summed E-state index contributed by atoms with van der Waals surface area (Å²) >= 11 is 0. The zero-order chi connectivity index (χ0) is 20.4. The highest BCUT2D eigenvalue weighted by atomic mass is 19.1. The maximum atomic E-state index is 13.9. The minimum Gasteiger partial charge on any atom is -0.491 e. The topological polar surface area (TPSA) is 61.0 Å². The van der Waals surface area contributed by atoms with Gasteiger partial charge in [0.2, 0.25) is 0 Å². The average molecular weight is 394 g/mol. The van der Waals surface area contributed by atoms with Gasteiger partial charge < -0.3 is 14.2 Å². The summed E-state index contributed by atoms with van der Waals surface area (Å²) in [5.41, 5.74) is 3.87. The van der Waals surface area contributed by atoms with Crippen LogP contribution in [0, 0.1) is 5.82 Å². The Morgan fingerprint density at radius 2 is 1.86 bits per heavy atom. The van der Waals surface area contributed by atoms with Crippen LogP contribution in [-0.4, -0.2) is 50.1 Å². The Labute approximate surface area is 168 Å². The smallest absolute Gasteiger partial charge is 0.130 e. The minimum atomic E-state index is -0.330. The molecule has 2 aromatic heterocycles. The summed E-state index contributed by atoms with van der Waals surface area (Å²) in [4.78, 5) is 2.09. The molecule has 0 saturated heterocycles. The second-order valence-electron chi connectivity index (χ2n) is 7.23. The highest BCUT2D eigenvalue weighted by Crippen LogP contribution is 2.33. The fourth-order valence-corrected chi connectivity index (χ4v) is 3.37. The molecule has 0 aliphatic rings. The highest BCUT2D eigenvalue weighted by Gasteiger charge is 2.14. The molecule has 0 atom stereocenters. The number of fused-ring (bicyclic) bond motifs is 1. The fourth-order valence-electron chi connectivity index (χ4n) is 3.37. The largest absolute Gasteiger partial charge is 0.491 e. The monoisotopic (exact) mass is 394 g/mol. The van der Waals surface area contributed by atoms with Crippen LogP contribution in [0.1, 0.15) is 5.69 Å². The van der Waals surface area contributed by atoms with E-state index in [4.69, 9.17) is 4.74 Å². The van der Waals surface area contributed by atoms with E-state index < -0.39 is 0 Å². The number of ether oxygens (including phenoxy) is 1. The van der Waals surface area contributed by atoms with E-state index in [1.165, 1.54) is 12.1 Å². The summed E-state index contributed by atoms with van der Waals surface area (Å²) in [5, 5.41) is 13.3. The minimum absolute atomic E-state index is 0.330. The van der Waals surface area contributed by atoms with Crippen molar-refractivity contribution in [2.75, 3.05) is 20.7 Å². The van der Waals surface area contributed by atoms with Gasteiger partial charge in [-0.3, -0.25) is 4.68 Å². The number of halogens is 1. The zero-order valence-corrected chi connectivity index (χ0v) is 16.7. The normalized spacial score (nSPS) is 11.5. The molecule has 0 N–H and O–H groups in total. The van der Waals surface area contributed by atoms with Crippen molar-refractivity contribution in [3.8, 4) is 16.9 Å². The van der Waals surface area contributed by atoms with Gasteiger partial charge in [0.05, 0.1) is 17.8 Å². The SMILES string of the molecule is CN(C)Cc1nn(C)c2ccc(-c3ccc(F)cc3OCCn3cnnc3)cc12. The van der Waals surface area contributed by atoms with E-state index in [9.17, 15) is 4.39 Å². The lowest BCUT2D eigenvalue weighted by Crippen LogP contribution is -2.11. The molecule has 7 nitrogen and oxygen atoms in total.